The SMILES string of the molecule is CCOC(=O)c1c(N=Cc2cc(OC)c(O)c([N+](=O)[O-])c2)sc2ccccc12. The third kappa shape index (κ3) is 3.65. The molecule has 0 radical (unpaired) electrons. The first kappa shape index (κ1) is 19.3. The number of aromatic hydroxyl groups is 1. The Morgan fingerprint density at radius 1 is 1.36 bits per heavy atom. The first-order valence-electron chi connectivity index (χ1n) is 8.24. The highest BCUT2D eigenvalue weighted by molar-refractivity contribution is 7.23. The molecule has 2 aromatic carbocycles. The first-order valence-corrected chi connectivity index (χ1v) is 9.06. The van der Waals surface area contributed by atoms with Crippen molar-refractivity contribution in [3.63, 3.8) is 0 Å². The van der Waals surface area contributed by atoms with Crippen molar-refractivity contribution in [2.75, 3.05) is 13.7 Å². The van der Waals surface area contributed by atoms with Crippen molar-refractivity contribution < 1.29 is 24.3 Å². The lowest BCUT2D eigenvalue weighted by molar-refractivity contribution is -0.386. The Hall–Kier alpha value is -3.46. The molecule has 0 amide bonds. The molecule has 8 nitrogen and oxygen atoms in total. The summed E-state index contributed by atoms with van der Waals surface area (Å²) in [5, 5.41) is 22.2. The number of methoxy groups -OCH3 is 1. The number of carbonyl (C=O) groups excluding carboxylic acids is 1. The normalized spacial score (nSPS) is 11.1. The molecule has 0 spiro atoms. The van der Waals surface area contributed by atoms with E-state index in [0.29, 0.717) is 16.1 Å². The van der Waals surface area contributed by atoms with Crippen LogP contribution in [0.15, 0.2) is 41.4 Å². The highest BCUT2D eigenvalue weighted by Gasteiger charge is 2.21. The Labute approximate surface area is 163 Å². The van der Waals surface area contributed by atoms with Crippen LogP contribution in [-0.2, 0) is 4.74 Å². The summed E-state index contributed by atoms with van der Waals surface area (Å²) >= 11 is 1.31. The fourth-order valence-electron chi connectivity index (χ4n) is 2.64. The first-order chi connectivity index (χ1) is 13.5. The molecule has 0 unspecified atom stereocenters. The molecule has 1 aromatic heterocycles. The minimum absolute atomic E-state index is 0.0439. The molecule has 1 heterocycles. The molecule has 0 fully saturated rings. The third-order valence-electron chi connectivity index (χ3n) is 3.88. The minimum atomic E-state index is -0.710. The molecule has 144 valence electrons. The summed E-state index contributed by atoms with van der Waals surface area (Å²) in [5.41, 5.74) is 0.190. The van der Waals surface area contributed by atoms with Gasteiger partial charge in [-0.1, -0.05) is 18.2 Å². The molecule has 3 aromatic rings. The summed E-state index contributed by atoms with van der Waals surface area (Å²) in [7, 11) is 1.30. The van der Waals surface area contributed by atoms with E-state index in [2.05, 4.69) is 4.99 Å². The number of ether oxygens (including phenoxy) is 2. The fourth-order valence-corrected chi connectivity index (χ4v) is 3.68. The van der Waals surface area contributed by atoms with Crippen molar-refractivity contribution in [1.29, 1.82) is 0 Å². The van der Waals surface area contributed by atoms with Crippen LogP contribution in [0.4, 0.5) is 10.7 Å². The van der Waals surface area contributed by atoms with E-state index in [1.54, 1.807) is 6.92 Å². The van der Waals surface area contributed by atoms with Crippen LogP contribution in [0.5, 0.6) is 11.5 Å². The molecular formula is C19H16N2O6S. The average molecular weight is 400 g/mol. The zero-order valence-electron chi connectivity index (χ0n) is 15.0. The van der Waals surface area contributed by atoms with Gasteiger partial charge in [-0.3, -0.25) is 10.1 Å². The van der Waals surface area contributed by atoms with Gasteiger partial charge >= 0.3 is 11.7 Å². The van der Waals surface area contributed by atoms with Crippen molar-refractivity contribution >= 4 is 44.3 Å². The average Bonchev–Trinajstić information content (AvgIpc) is 3.05. The Balaban J connectivity index is 2.09. The lowest BCUT2D eigenvalue weighted by atomic mass is 10.1. The molecular weight excluding hydrogens is 384 g/mol. The van der Waals surface area contributed by atoms with Crippen molar-refractivity contribution in [2.45, 2.75) is 6.92 Å². The number of nitro groups is 1. The van der Waals surface area contributed by atoms with Gasteiger partial charge in [0.05, 0.1) is 18.6 Å². The molecule has 0 aliphatic rings. The quantitative estimate of drug-likeness (QED) is 0.283. The van der Waals surface area contributed by atoms with Gasteiger partial charge in [0.25, 0.3) is 0 Å². The van der Waals surface area contributed by atoms with E-state index in [0.717, 1.165) is 10.1 Å². The molecule has 0 bridgehead atoms. The van der Waals surface area contributed by atoms with E-state index < -0.39 is 22.3 Å². The summed E-state index contributed by atoms with van der Waals surface area (Å²) in [6, 6.07) is 9.96. The number of nitro benzene ring substituents is 1. The second-order valence-corrected chi connectivity index (χ2v) is 6.64. The van der Waals surface area contributed by atoms with E-state index in [1.807, 2.05) is 24.3 Å². The van der Waals surface area contributed by atoms with Crippen molar-refractivity contribution in [3.8, 4) is 11.5 Å². The van der Waals surface area contributed by atoms with Gasteiger partial charge in [-0.2, -0.15) is 0 Å². The maximum atomic E-state index is 12.4. The van der Waals surface area contributed by atoms with Crippen LogP contribution in [0.1, 0.15) is 22.8 Å². The Kier molecular flexibility index (Phi) is 5.55. The number of esters is 1. The molecule has 1 N–H and O–H groups in total. The predicted molar refractivity (Wildman–Crippen MR) is 106 cm³/mol. The van der Waals surface area contributed by atoms with E-state index in [4.69, 9.17) is 9.47 Å². The Morgan fingerprint density at radius 3 is 2.79 bits per heavy atom. The number of hydrogen-bond acceptors (Lipinski definition) is 8. The summed E-state index contributed by atoms with van der Waals surface area (Å²) < 4.78 is 11.0. The van der Waals surface area contributed by atoms with Gasteiger partial charge in [0.2, 0.25) is 5.75 Å². The lowest BCUT2D eigenvalue weighted by Crippen LogP contribution is -2.03. The van der Waals surface area contributed by atoms with Gasteiger partial charge < -0.3 is 14.6 Å². The molecule has 0 aliphatic carbocycles. The van der Waals surface area contributed by atoms with Crippen LogP contribution >= 0.6 is 11.3 Å². The van der Waals surface area contributed by atoms with Crippen molar-refractivity contribution in [2.24, 2.45) is 4.99 Å². The number of aliphatic imine (C=N–C) groups is 1. The topological polar surface area (TPSA) is 111 Å². The van der Waals surface area contributed by atoms with Crippen molar-refractivity contribution in [1.82, 2.24) is 0 Å². The largest absolute Gasteiger partial charge is 0.500 e. The number of nitrogens with zero attached hydrogens (tertiary/aromatic N) is 2. The maximum absolute atomic E-state index is 12.4. The van der Waals surface area contributed by atoms with Gasteiger partial charge in [0.15, 0.2) is 5.75 Å². The van der Waals surface area contributed by atoms with Crippen LogP contribution < -0.4 is 4.74 Å². The molecule has 3 rings (SSSR count). The lowest BCUT2D eigenvalue weighted by Gasteiger charge is -2.05. The zero-order chi connectivity index (χ0) is 20.3. The molecule has 0 saturated heterocycles. The minimum Gasteiger partial charge on any atom is -0.500 e. The Morgan fingerprint density at radius 2 is 2.11 bits per heavy atom. The van der Waals surface area contributed by atoms with Crippen LogP contribution in [-0.4, -0.2) is 35.9 Å². The molecule has 9 heteroatoms. The summed E-state index contributed by atoms with van der Waals surface area (Å²) in [4.78, 5) is 27.2. The summed E-state index contributed by atoms with van der Waals surface area (Å²) in [5.74, 6) is -1.09. The van der Waals surface area contributed by atoms with Crippen LogP contribution in [0.25, 0.3) is 10.1 Å². The van der Waals surface area contributed by atoms with E-state index in [-0.39, 0.29) is 12.4 Å². The second kappa shape index (κ2) is 8.05. The van der Waals surface area contributed by atoms with Crippen LogP contribution in [0.2, 0.25) is 0 Å². The maximum Gasteiger partial charge on any atom is 0.341 e. The number of phenols is 1. The number of benzene rings is 2. The van der Waals surface area contributed by atoms with Crippen LogP contribution in [0, 0.1) is 10.1 Å². The zero-order valence-corrected chi connectivity index (χ0v) is 15.9. The predicted octanol–water partition coefficient (Wildman–Crippen LogP) is 4.45. The molecule has 0 saturated carbocycles. The standard InChI is InChI=1S/C19H16N2O6S/c1-3-27-19(23)16-12-6-4-5-7-15(12)28-18(16)20-10-11-8-13(21(24)25)17(22)14(9-11)26-2/h4-10,22H,3H2,1-2H3. The number of fused-ring (bicyclic) bond motifs is 1. The monoisotopic (exact) mass is 400 g/mol. The van der Waals surface area contributed by atoms with E-state index in [9.17, 15) is 20.0 Å². The van der Waals surface area contributed by atoms with E-state index >= 15 is 0 Å². The summed E-state index contributed by atoms with van der Waals surface area (Å²) in [6.07, 6.45) is 1.38. The van der Waals surface area contributed by atoms with Crippen molar-refractivity contribution in [3.05, 3.63) is 57.6 Å². The fraction of sp³-hybridized carbons (Fsp3) is 0.158. The highest BCUT2D eigenvalue weighted by Crippen LogP contribution is 2.39. The van der Waals surface area contributed by atoms with Gasteiger partial charge in [0.1, 0.15) is 10.6 Å². The number of rotatable bonds is 6. The number of phenolic OH excluding ortho intramolecular Hbond substituents is 1. The molecule has 0 aliphatic heterocycles. The van der Waals surface area contributed by atoms with Gasteiger partial charge in [-0.15, -0.1) is 11.3 Å². The van der Waals surface area contributed by atoms with Gasteiger partial charge in [-0.05, 0) is 19.1 Å². The van der Waals surface area contributed by atoms with Gasteiger partial charge in [-0.25, -0.2) is 9.79 Å². The van der Waals surface area contributed by atoms with E-state index in [1.165, 1.54) is 36.8 Å². The number of hydrogen-bond donors (Lipinski definition) is 1. The smallest absolute Gasteiger partial charge is 0.341 e. The Bertz CT molecular complexity index is 1090. The van der Waals surface area contributed by atoms with Gasteiger partial charge in [0, 0.05) is 27.9 Å². The molecule has 28 heavy (non-hydrogen) atoms. The highest BCUT2D eigenvalue weighted by atomic mass is 32.1. The summed E-state index contributed by atoms with van der Waals surface area (Å²) in [6.45, 7) is 1.95. The number of carbonyl (C=O) groups is 1. The number of thiophene rings is 1. The third-order valence-corrected chi connectivity index (χ3v) is 4.96. The molecule has 0 atom stereocenters. The second-order valence-electron chi connectivity index (χ2n) is 5.61. The van der Waals surface area contributed by atoms with Crippen LogP contribution in [0.3, 0.4) is 0 Å².